The van der Waals surface area contributed by atoms with Crippen molar-refractivity contribution < 1.29 is 27.5 Å². The number of aromatic nitrogens is 3. The number of rotatable bonds is 5. The Kier molecular flexibility index (Phi) is 5.55. The predicted molar refractivity (Wildman–Crippen MR) is 84.5 cm³/mol. The van der Waals surface area contributed by atoms with Gasteiger partial charge in [-0.1, -0.05) is 0 Å². The molecular weight excluding hydrogens is 361 g/mol. The van der Waals surface area contributed by atoms with Gasteiger partial charge in [0.2, 0.25) is 0 Å². The van der Waals surface area contributed by atoms with Crippen molar-refractivity contribution >= 4 is 30.2 Å². The number of nitrogens with one attached hydrogen (secondary N) is 1. The van der Waals surface area contributed by atoms with Gasteiger partial charge < -0.3 is 10.1 Å². The van der Waals surface area contributed by atoms with Gasteiger partial charge in [0.15, 0.2) is 11.3 Å². The summed E-state index contributed by atoms with van der Waals surface area (Å²) in [6.07, 6.45) is -4.66. The number of carbonyl (C=O) groups is 2. The highest BCUT2D eigenvalue weighted by molar-refractivity contribution is 7.80. The Balaban J connectivity index is 2.35. The average Bonchev–Trinajstić information content (AvgIpc) is 2.94. The number of alkyl halides is 3. The topological polar surface area (TPSA) is 85.6 Å². The van der Waals surface area contributed by atoms with Crippen LogP contribution in [0, 0.1) is 6.92 Å². The first-order valence-electron chi connectivity index (χ1n) is 7.20. The number of ether oxygens (including phenoxy) is 1. The van der Waals surface area contributed by atoms with Crippen LogP contribution in [0.1, 0.15) is 28.8 Å². The van der Waals surface area contributed by atoms with Crippen LogP contribution in [0.4, 0.5) is 13.2 Å². The summed E-state index contributed by atoms with van der Waals surface area (Å²) >= 11 is 3.95. The largest absolute Gasteiger partial charge is 0.464 e. The quantitative estimate of drug-likeness (QED) is 0.612. The molecule has 0 radical (unpaired) electrons. The average molecular weight is 376 g/mol. The highest BCUT2D eigenvalue weighted by Crippen LogP contribution is 2.29. The summed E-state index contributed by atoms with van der Waals surface area (Å²) in [4.78, 5) is 27.8. The fraction of sp³-hybridized carbons (Fsp3) is 0.429. The van der Waals surface area contributed by atoms with Crippen molar-refractivity contribution in [2.45, 2.75) is 26.1 Å². The van der Waals surface area contributed by atoms with Crippen LogP contribution in [0.2, 0.25) is 0 Å². The highest BCUT2D eigenvalue weighted by atomic mass is 32.1. The number of hydrogen-bond acceptors (Lipinski definition) is 6. The van der Waals surface area contributed by atoms with E-state index in [9.17, 15) is 22.8 Å². The Morgan fingerprint density at radius 1 is 1.40 bits per heavy atom. The molecule has 0 aromatic carbocycles. The molecule has 0 unspecified atom stereocenters. The molecule has 0 saturated heterocycles. The summed E-state index contributed by atoms with van der Waals surface area (Å²) < 4.78 is 44.6. The van der Waals surface area contributed by atoms with E-state index in [2.05, 4.69) is 28.0 Å². The minimum absolute atomic E-state index is 0.0386. The number of fused-ring (bicyclic) bond motifs is 1. The fourth-order valence-corrected chi connectivity index (χ4v) is 2.31. The smallest absolute Gasteiger partial charge is 0.433 e. The van der Waals surface area contributed by atoms with E-state index < -0.39 is 29.8 Å². The molecule has 0 aliphatic heterocycles. The second kappa shape index (κ2) is 7.30. The molecular formula is C14H15F3N4O3S. The first-order valence-corrected chi connectivity index (χ1v) is 7.83. The number of esters is 1. The number of thiol groups is 1. The zero-order chi connectivity index (χ0) is 18.8. The molecule has 2 aromatic rings. The van der Waals surface area contributed by atoms with Gasteiger partial charge in [0.1, 0.15) is 11.7 Å². The number of amides is 1. The van der Waals surface area contributed by atoms with E-state index in [1.165, 1.54) is 6.92 Å². The van der Waals surface area contributed by atoms with Gasteiger partial charge in [-0.3, -0.25) is 4.79 Å². The van der Waals surface area contributed by atoms with Crippen LogP contribution in [0.5, 0.6) is 0 Å². The summed E-state index contributed by atoms with van der Waals surface area (Å²) in [5, 5.41) is 5.98. The Bertz CT molecular complexity index is 806. The molecule has 136 valence electrons. The van der Waals surface area contributed by atoms with Crippen molar-refractivity contribution in [3.05, 3.63) is 29.2 Å². The highest BCUT2D eigenvalue weighted by Gasteiger charge is 2.35. The van der Waals surface area contributed by atoms with Gasteiger partial charge in [0, 0.05) is 17.5 Å². The Hall–Kier alpha value is -2.30. The molecule has 1 atom stereocenters. The molecule has 1 amide bonds. The van der Waals surface area contributed by atoms with E-state index in [0.29, 0.717) is 4.52 Å². The third-order valence-electron chi connectivity index (χ3n) is 3.14. The molecule has 11 heteroatoms. The minimum Gasteiger partial charge on any atom is -0.464 e. The van der Waals surface area contributed by atoms with Crippen molar-refractivity contribution in [2.24, 2.45) is 0 Å². The Morgan fingerprint density at radius 2 is 2.08 bits per heavy atom. The van der Waals surface area contributed by atoms with Gasteiger partial charge in [-0.05, 0) is 19.9 Å². The molecule has 2 rings (SSSR count). The summed E-state index contributed by atoms with van der Waals surface area (Å²) in [7, 11) is 0. The number of hydrogen-bond donors (Lipinski definition) is 2. The summed E-state index contributed by atoms with van der Waals surface area (Å²) in [6.45, 7) is 3.12. The van der Waals surface area contributed by atoms with Crippen LogP contribution in [-0.2, 0) is 15.7 Å². The monoisotopic (exact) mass is 376 g/mol. The van der Waals surface area contributed by atoms with Crippen molar-refractivity contribution in [3.8, 4) is 0 Å². The predicted octanol–water partition coefficient (Wildman–Crippen LogP) is 1.65. The van der Waals surface area contributed by atoms with Crippen LogP contribution in [0.3, 0.4) is 0 Å². The van der Waals surface area contributed by atoms with Crippen LogP contribution in [-0.4, -0.2) is 44.9 Å². The molecule has 7 nitrogen and oxygen atoms in total. The SMILES string of the molecule is CCOC(=O)[C@H](CS)NC(=O)c1cc2nc(C)cc(C(F)(F)F)n2n1. The molecule has 0 spiro atoms. The van der Waals surface area contributed by atoms with Crippen LogP contribution in [0.25, 0.3) is 5.65 Å². The summed E-state index contributed by atoms with van der Waals surface area (Å²) in [5.41, 5.74) is -1.35. The first kappa shape index (κ1) is 19.0. The van der Waals surface area contributed by atoms with Crippen molar-refractivity contribution in [3.63, 3.8) is 0 Å². The lowest BCUT2D eigenvalue weighted by molar-refractivity contribution is -0.145. The van der Waals surface area contributed by atoms with E-state index in [1.807, 2.05) is 0 Å². The Morgan fingerprint density at radius 3 is 2.64 bits per heavy atom. The lowest BCUT2D eigenvalue weighted by atomic mass is 10.3. The van der Waals surface area contributed by atoms with Gasteiger partial charge in [-0.15, -0.1) is 0 Å². The second-order valence-corrected chi connectivity index (χ2v) is 5.41. The van der Waals surface area contributed by atoms with Gasteiger partial charge in [0.25, 0.3) is 5.91 Å². The zero-order valence-corrected chi connectivity index (χ0v) is 14.2. The standard InChI is InChI=1S/C14H15F3N4O3S/c1-3-24-13(23)9(6-25)19-12(22)8-5-11-18-7(2)4-10(14(15,16)17)21(11)20-8/h4-5,9,25H,3,6H2,1-2H3,(H,19,22)/t9-/m0/s1. The number of carbonyl (C=O) groups excluding carboxylic acids is 2. The Labute approximate surface area is 146 Å². The van der Waals surface area contributed by atoms with Crippen molar-refractivity contribution in [2.75, 3.05) is 12.4 Å². The maximum atomic E-state index is 13.1. The van der Waals surface area contributed by atoms with Gasteiger partial charge in [-0.2, -0.15) is 30.9 Å². The molecule has 0 aliphatic rings. The van der Waals surface area contributed by atoms with Gasteiger partial charge >= 0.3 is 12.1 Å². The molecule has 0 aliphatic carbocycles. The lowest BCUT2D eigenvalue weighted by Crippen LogP contribution is -2.43. The molecule has 25 heavy (non-hydrogen) atoms. The molecule has 1 N–H and O–H groups in total. The molecule has 2 heterocycles. The number of halogens is 3. The number of aryl methyl sites for hydroxylation is 1. The maximum absolute atomic E-state index is 13.1. The van der Waals surface area contributed by atoms with Crippen molar-refractivity contribution in [1.29, 1.82) is 0 Å². The third kappa shape index (κ3) is 4.21. The van der Waals surface area contributed by atoms with E-state index in [0.717, 1.165) is 12.1 Å². The van der Waals surface area contributed by atoms with E-state index in [-0.39, 0.29) is 29.4 Å². The fourth-order valence-electron chi connectivity index (χ4n) is 2.07. The first-order chi connectivity index (χ1) is 11.7. The number of nitrogens with zero attached hydrogens (tertiary/aromatic N) is 3. The maximum Gasteiger partial charge on any atom is 0.433 e. The van der Waals surface area contributed by atoms with Crippen LogP contribution in [0.15, 0.2) is 12.1 Å². The minimum atomic E-state index is -4.66. The molecule has 0 bridgehead atoms. The third-order valence-corrected chi connectivity index (χ3v) is 3.50. The lowest BCUT2D eigenvalue weighted by Gasteiger charge is -2.14. The van der Waals surface area contributed by atoms with Gasteiger partial charge in [-0.25, -0.2) is 14.3 Å². The van der Waals surface area contributed by atoms with Crippen molar-refractivity contribution in [1.82, 2.24) is 19.9 Å². The van der Waals surface area contributed by atoms with Crippen LogP contribution < -0.4 is 5.32 Å². The second-order valence-electron chi connectivity index (χ2n) is 5.04. The van der Waals surface area contributed by atoms with Crippen LogP contribution >= 0.6 is 12.6 Å². The normalized spacial score (nSPS) is 12.9. The van der Waals surface area contributed by atoms with E-state index in [4.69, 9.17) is 4.74 Å². The van der Waals surface area contributed by atoms with Gasteiger partial charge in [0.05, 0.1) is 6.61 Å². The van der Waals surface area contributed by atoms with E-state index >= 15 is 0 Å². The molecule has 0 saturated carbocycles. The molecule has 2 aromatic heterocycles. The zero-order valence-electron chi connectivity index (χ0n) is 13.3. The molecule has 0 fully saturated rings. The summed E-state index contributed by atoms with van der Waals surface area (Å²) in [6, 6.07) is 0.896. The van der Waals surface area contributed by atoms with E-state index in [1.54, 1.807) is 6.92 Å². The summed E-state index contributed by atoms with van der Waals surface area (Å²) in [5.74, 6) is -1.56.